The van der Waals surface area contributed by atoms with Crippen LogP contribution in [0.15, 0.2) is 24.3 Å². The van der Waals surface area contributed by atoms with Crippen molar-refractivity contribution in [2.24, 2.45) is 11.7 Å². The predicted molar refractivity (Wildman–Crippen MR) is 65.3 cm³/mol. The van der Waals surface area contributed by atoms with Crippen LogP contribution >= 0.6 is 0 Å². The zero-order chi connectivity index (χ0) is 11.5. The Balaban J connectivity index is 2.17. The van der Waals surface area contributed by atoms with E-state index in [2.05, 4.69) is 0 Å². The summed E-state index contributed by atoms with van der Waals surface area (Å²) in [5.41, 5.74) is 7.73. The van der Waals surface area contributed by atoms with E-state index < -0.39 is 0 Å². The lowest BCUT2D eigenvalue weighted by molar-refractivity contribution is -0.119. The van der Waals surface area contributed by atoms with Crippen LogP contribution in [-0.4, -0.2) is 19.0 Å². The number of hydrogen-bond acceptors (Lipinski definition) is 2. The molecule has 3 heteroatoms. The fourth-order valence-corrected chi connectivity index (χ4v) is 1.77. The Kier molecular flexibility index (Phi) is 3.25. The minimum atomic E-state index is 0.231. The molecule has 1 amide bonds. The largest absolute Gasteiger partial charge is 0.329 e. The van der Waals surface area contributed by atoms with Gasteiger partial charge in [-0.05, 0) is 31.9 Å². The van der Waals surface area contributed by atoms with Crippen molar-refractivity contribution < 1.29 is 4.79 Å². The first-order valence-corrected chi connectivity index (χ1v) is 5.80. The highest BCUT2D eigenvalue weighted by molar-refractivity contribution is 5.96. The van der Waals surface area contributed by atoms with Crippen LogP contribution in [0.5, 0.6) is 0 Å². The van der Waals surface area contributed by atoms with Crippen molar-refractivity contribution in [3.63, 3.8) is 0 Å². The van der Waals surface area contributed by atoms with Gasteiger partial charge in [-0.1, -0.05) is 17.7 Å². The topological polar surface area (TPSA) is 46.3 Å². The summed E-state index contributed by atoms with van der Waals surface area (Å²) in [6, 6.07) is 8.04. The first kappa shape index (κ1) is 11.1. The number of carbonyl (C=O) groups is 1. The van der Waals surface area contributed by atoms with Gasteiger partial charge in [-0.15, -0.1) is 0 Å². The van der Waals surface area contributed by atoms with Gasteiger partial charge in [-0.25, -0.2) is 0 Å². The van der Waals surface area contributed by atoms with E-state index in [1.165, 1.54) is 5.56 Å². The Labute approximate surface area is 96.2 Å². The lowest BCUT2D eigenvalue weighted by Gasteiger charge is -2.22. The molecular formula is C13H18N2O. The van der Waals surface area contributed by atoms with Crippen molar-refractivity contribution >= 4 is 11.6 Å². The second-order valence-corrected chi connectivity index (χ2v) is 4.39. The fraction of sp³-hybridized carbons (Fsp3) is 0.462. The zero-order valence-corrected chi connectivity index (χ0v) is 9.65. The summed E-state index contributed by atoms with van der Waals surface area (Å²) < 4.78 is 0. The van der Waals surface area contributed by atoms with Gasteiger partial charge in [0.15, 0.2) is 0 Å². The number of anilines is 1. The average Bonchev–Trinajstić information content (AvgIpc) is 3.10. The van der Waals surface area contributed by atoms with Crippen LogP contribution in [0.4, 0.5) is 5.69 Å². The quantitative estimate of drug-likeness (QED) is 0.836. The lowest BCUT2D eigenvalue weighted by atomic mass is 10.2. The number of rotatable bonds is 4. The SMILES string of the molecule is Cc1ccc(N(CCN)C(=O)C2CC2)cc1. The second-order valence-electron chi connectivity index (χ2n) is 4.39. The predicted octanol–water partition coefficient (Wildman–Crippen LogP) is 1.70. The van der Waals surface area contributed by atoms with Crippen LogP contribution < -0.4 is 10.6 Å². The minimum Gasteiger partial charge on any atom is -0.329 e. The molecule has 2 rings (SSSR count). The molecule has 1 saturated carbocycles. The van der Waals surface area contributed by atoms with Gasteiger partial charge < -0.3 is 10.6 Å². The van der Waals surface area contributed by atoms with Crippen LogP contribution in [-0.2, 0) is 4.79 Å². The van der Waals surface area contributed by atoms with Crippen LogP contribution in [0.25, 0.3) is 0 Å². The Bertz CT molecular complexity index is 368. The molecule has 86 valence electrons. The number of amides is 1. The third-order valence-electron chi connectivity index (χ3n) is 2.89. The molecule has 0 saturated heterocycles. The molecule has 0 radical (unpaired) electrons. The highest BCUT2D eigenvalue weighted by Crippen LogP contribution is 2.32. The molecule has 0 spiro atoms. The lowest BCUT2D eigenvalue weighted by Crippen LogP contribution is -2.36. The molecule has 0 unspecified atom stereocenters. The molecule has 1 aliphatic rings. The molecule has 0 aromatic heterocycles. The van der Waals surface area contributed by atoms with Gasteiger partial charge in [0.2, 0.25) is 5.91 Å². The van der Waals surface area contributed by atoms with E-state index in [0.717, 1.165) is 18.5 Å². The normalized spacial score (nSPS) is 14.9. The van der Waals surface area contributed by atoms with Crippen molar-refractivity contribution in [3.05, 3.63) is 29.8 Å². The average molecular weight is 218 g/mol. The van der Waals surface area contributed by atoms with Crippen molar-refractivity contribution in [2.45, 2.75) is 19.8 Å². The Morgan fingerprint density at radius 2 is 2.00 bits per heavy atom. The van der Waals surface area contributed by atoms with Crippen molar-refractivity contribution in [3.8, 4) is 0 Å². The van der Waals surface area contributed by atoms with Gasteiger partial charge in [-0.3, -0.25) is 4.79 Å². The molecule has 0 heterocycles. The van der Waals surface area contributed by atoms with E-state index >= 15 is 0 Å². The summed E-state index contributed by atoms with van der Waals surface area (Å²) in [4.78, 5) is 13.9. The van der Waals surface area contributed by atoms with Crippen molar-refractivity contribution in [1.29, 1.82) is 0 Å². The maximum Gasteiger partial charge on any atom is 0.230 e. The van der Waals surface area contributed by atoms with Gasteiger partial charge in [0.25, 0.3) is 0 Å². The number of nitrogens with two attached hydrogens (primary N) is 1. The summed E-state index contributed by atoms with van der Waals surface area (Å²) in [5.74, 6) is 0.474. The standard InChI is InChI=1S/C13H18N2O/c1-10-2-6-12(7-3-10)15(9-8-14)13(16)11-4-5-11/h2-3,6-7,11H,4-5,8-9,14H2,1H3. The summed E-state index contributed by atoms with van der Waals surface area (Å²) in [7, 11) is 0. The van der Waals surface area contributed by atoms with Crippen molar-refractivity contribution in [1.82, 2.24) is 0 Å². The van der Waals surface area contributed by atoms with E-state index in [1.54, 1.807) is 0 Å². The summed E-state index contributed by atoms with van der Waals surface area (Å²) in [6.45, 7) is 3.16. The zero-order valence-electron chi connectivity index (χ0n) is 9.65. The fourth-order valence-electron chi connectivity index (χ4n) is 1.77. The third kappa shape index (κ3) is 2.42. The Hall–Kier alpha value is -1.35. The molecule has 2 N–H and O–H groups in total. The van der Waals surface area contributed by atoms with Crippen LogP contribution in [0, 0.1) is 12.8 Å². The Morgan fingerprint density at radius 3 is 2.50 bits per heavy atom. The molecule has 0 aliphatic heterocycles. The summed E-state index contributed by atoms with van der Waals surface area (Å²) in [5, 5.41) is 0. The van der Waals surface area contributed by atoms with Crippen LogP contribution in [0.2, 0.25) is 0 Å². The number of carbonyl (C=O) groups excluding carboxylic acids is 1. The summed E-state index contributed by atoms with van der Waals surface area (Å²) >= 11 is 0. The van der Waals surface area contributed by atoms with Gasteiger partial charge in [-0.2, -0.15) is 0 Å². The molecule has 1 aromatic carbocycles. The molecule has 16 heavy (non-hydrogen) atoms. The van der Waals surface area contributed by atoms with E-state index in [0.29, 0.717) is 13.1 Å². The molecule has 0 bridgehead atoms. The maximum atomic E-state index is 12.1. The molecule has 1 aromatic rings. The molecule has 1 fully saturated rings. The number of benzene rings is 1. The van der Waals surface area contributed by atoms with Crippen molar-refractivity contribution in [2.75, 3.05) is 18.0 Å². The first-order valence-electron chi connectivity index (χ1n) is 5.80. The van der Waals surface area contributed by atoms with Crippen LogP contribution in [0.3, 0.4) is 0 Å². The van der Waals surface area contributed by atoms with Gasteiger partial charge in [0.05, 0.1) is 0 Å². The monoisotopic (exact) mass is 218 g/mol. The van der Waals surface area contributed by atoms with Gasteiger partial charge in [0, 0.05) is 24.7 Å². The van der Waals surface area contributed by atoms with Crippen LogP contribution in [0.1, 0.15) is 18.4 Å². The second kappa shape index (κ2) is 4.66. The Morgan fingerprint density at radius 1 is 1.38 bits per heavy atom. The molecule has 0 atom stereocenters. The van der Waals surface area contributed by atoms with Gasteiger partial charge >= 0.3 is 0 Å². The number of hydrogen-bond donors (Lipinski definition) is 1. The van der Waals surface area contributed by atoms with E-state index in [4.69, 9.17) is 5.73 Å². The van der Waals surface area contributed by atoms with E-state index in [9.17, 15) is 4.79 Å². The third-order valence-corrected chi connectivity index (χ3v) is 2.89. The number of aryl methyl sites for hydroxylation is 1. The highest BCUT2D eigenvalue weighted by atomic mass is 16.2. The smallest absolute Gasteiger partial charge is 0.230 e. The minimum absolute atomic E-state index is 0.231. The molecule has 1 aliphatic carbocycles. The van der Waals surface area contributed by atoms with Gasteiger partial charge in [0.1, 0.15) is 0 Å². The van der Waals surface area contributed by atoms with E-state index in [1.807, 2.05) is 36.1 Å². The van der Waals surface area contributed by atoms with E-state index in [-0.39, 0.29) is 11.8 Å². The maximum absolute atomic E-state index is 12.1. The number of nitrogens with zero attached hydrogens (tertiary/aromatic N) is 1. The first-order chi connectivity index (χ1) is 7.72. The highest BCUT2D eigenvalue weighted by Gasteiger charge is 2.33. The molecular weight excluding hydrogens is 200 g/mol. The summed E-state index contributed by atoms with van der Waals surface area (Å²) in [6.07, 6.45) is 2.07. The molecule has 3 nitrogen and oxygen atoms in total.